The van der Waals surface area contributed by atoms with Gasteiger partial charge in [0.2, 0.25) is 0 Å². The van der Waals surface area contributed by atoms with Gasteiger partial charge in [0.1, 0.15) is 24.0 Å². The molecule has 0 amide bonds. The van der Waals surface area contributed by atoms with Crippen molar-refractivity contribution < 1.29 is 9.13 Å². The molecule has 3 heterocycles. The Balaban J connectivity index is 1.31. The molecular weight excluding hydrogens is 389 g/mol. The third kappa shape index (κ3) is 3.90. The highest BCUT2D eigenvalue weighted by Crippen LogP contribution is 2.37. The van der Waals surface area contributed by atoms with Gasteiger partial charge in [0.25, 0.3) is 0 Å². The normalized spacial score (nSPS) is 20.2. The average molecular weight is 414 g/mol. The fraction of sp³-hybridized carbons (Fsp3) is 0.478. The first-order valence-corrected chi connectivity index (χ1v) is 10.9. The van der Waals surface area contributed by atoms with E-state index in [4.69, 9.17) is 26.3 Å². The summed E-state index contributed by atoms with van der Waals surface area (Å²) in [7, 11) is 0. The number of ether oxygens (including phenoxy) is 1. The van der Waals surface area contributed by atoms with Crippen LogP contribution in [-0.2, 0) is 13.0 Å². The van der Waals surface area contributed by atoms with Crippen LogP contribution in [0.3, 0.4) is 0 Å². The number of nitrogens with zero attached hydrogens (tertiary/aromatic N) is 3. The molecule has 0 bridgehead atoms. The maximum atomic E-state index is 13.6. The van der Waals surface area contributed by atoms with E-state index in [1.165, 1.54) is 55.5 Å². The zero-order valence-electron chi connectivity index (χ0n) is 16.5. The maximum Gasteiger partial charge on any atom is 0.131 e. The van der Waals surface area contributed by atoms with E-state index in [1.54, 1.807) is 6.07 Å². The van der Waals surface area contributed by atoms with Gasteiger partial charge < -0.3 is 4.74 Å². The third-order valence-corrected chi connectivity index (χ3v) is 6.78. The second-order valence-corrected chi connectivity index (χ2v) is 8.72. The van der Waals surface area contributed by atoms with Gasteiger partial charge in [0, 0.05) is 60.6 Å². The summed E-state index contributed by atoms with van der Waals surface area (Å²) < 4.78 is 19.4. The Hall–Kier alpha value is -1.98. The van der Waals surface area contributed by atoms with E-state index < -0.39 is 0 Å². The summed E-state index contributed by atoms with van der Waals surface area (Å²) in [4.78, 5) is 12.0. The van der Waals surface area contributed by atoms with Crippen LogP contribution in [0, 0.1) is 5.82 Å². The zero-order valence-corrected chi connectivity index (χ0v) is 17.2. The molecular formula is C23H25ClFN3O. The van der Waals surface area contributed by atoms with Gasteiger partial charge in [-0.1, -0.05) is 30.9 Å². The molecule has 1 aromatic carbocycles. The minimum atomic E-state index is -0.301. The highest BCUT2D eigenvalue weighted by Gasteiger charge is 2.25. The first-order valence-electron chi connectivity index (χ1n) is 10.5. The Bertz CT molecular complexity index is 955. The Morgan fingerprint density at radius 3 is 2.93 bits per heavy atom. The van der Waals surface area contributed by atoms with Crippen LogP contribution in [0.1, 0.15) is 60.7 Å². The smallest absolute Gasteiger partial charge is 0.131 e. The van der Waals surface area contributed by atoms with Crippen molar-refractivity contribution in [1.29, 1.82) is 0 Å². The topological polar surface area (TPSA) is 38.2 Å². The summed E-state index contributed by atoms with van der Waals surface area (Å²) in [5, 5.41) is 0.612. The zero-order chi connectivity index (χ0) is 19.8. The SMILES string of the molecule is Fc1ccc2c(c1)C(Cl)=C(CN1CCc3nc(C4CCCCC4)ncc3C1)CO2. The lowest BCUT2D eigenvalue weighted by Gasteiger charge is -2.31. The predicted octanol–water partition coefficient (Wildman–Crippen LogP) is 5.06. The molecule has 3 aliphatic rings. The fourth-order valence-electron chi connectivity index (χ4n) is 4.69. The van der Waals surface area contributed by atoms with Crippen molar-refractivity contribution in [2.75, 3.05) is 19.7 Å². The molecule has 1 saturated carbocycles. The van der Waals surface area contributed by atoms with Crippen molar-refractivity contribution in [3.8, 4) is 5.75 Å². The fourth-order valence-corrected chi connectivity index (χ4v) is 4.95. The Labute approximate surface area is 175 Å². The van der Waals surface area contributed by atoms with E-state index in [2.05, 4.69) is 4.90 Å². The van der Waals surface area contributed by atoms with Crippen molar-refractivity contribution in [3.05, 3.63) is 58.4 Å². The van der Waals surface area contributed by atoms with Crippen molar-refractivity contribution in [2.45, 2.75) is 51.0 Å². The molecule has 0 unspecified atom stereocenters. The van der Waals surface area contributed by atoms with E-state index in [-0.39, 0.29) is 5.82 Å². The van der Waals surface area contributed by atoms with Gasteiger partial charge in [0.05, 0.1) is 5.03 Å². The van der Waals surface area contributed by atoms with E-state index in [0.717, 1.165) is 30.9 Å². The van der Waals surface area contributed by atoms with Crippen molar-refractivity contribution in [2.24, 2.45) is 0 Å². The largest absolute Gasteiger partial charge is 0.488 e. The molecule has 29 heavy (non-hydrogen) atoms. The van der Waals surface area contributed by atoms with Gasteiger partial charge in [-0.25, -0.2) is 14.4 Å². The van der Waals surface area contributed by atoms with Gasteiger partial charge in [-0.3, -0.25) is 4.90 Å². The van der Waals surface area contributed by atoms with Crippen molar-refractivity contribution >= 4 is 16.6 Å². The third-order valence-electron chi connectivity index (χ3n) is 6.31. The Morgan fingerprint density at radius 1 is 1.21 bits per heavy atom. The summed E-state index contributed by atoms with van der Waals surface area (Å²) in [6.45, 7) is 2.89. The standard InChI is InChI=1S/C23H25ClFN3O/c24-22-17(14-29-21-7-6-18(25)10-19(21)22)13-28-9-8-20-16(12-28)11-26-23(27-20)15-4-2-1-3-5-15/h6-7,10-11,15H,1-5,8-9,12-14H2. The lowest BCUT2D eigenvalue weighted by atomic mass is 9.88. The molecule has 1 aromatic heterocycles. The molecule has 0 radical (unpaired) electrons. The molecule has 2 aromatic rings. The lowest BCUT2D eigenvalue weighted by molar-refractivity contribution is 0.254. The van der Waals surface area contributed by atoms with Crippen LogP contribution < -0.4 is 4.74 Å². The quantitative estimate of drug-likeness (QED) is 0.704. The second-order valence-electron chi connectivity index (χ2n) is 8.34. The summed E-state index contributed by atoms with van der Waals surface area (Å²) in [5.41, 5.74) is 4.04. The summed E-state index contributed by atoms with van der Waals surface area (Å²) in [6.07, 6.45) is 9.33. The van der Waals surface area contributed by atoms with Crippen molar-refractivity contribution in [1.82, 2.24) is 14.9 Å². The summed E-state index contributed by atoms with van der Waals surface area (Å²) in [5.74, 6) is 1.93. The van der Waals surface area contributed by atoms with E-state index in [9.17, 15) is 4.39 Å². The minimum absolute atomic E-state index is 0.301. The molecule has 1 aliphatic carbocycles. The molecule has 152 valence electrons. The van der Waals surface area contributed by atoms with Crippen LogP contribution >= 0.6 is 11.6 Å². The van der Waals surface area contributed by atoms with Crippen LogP contribution in [0.15, 0.2) is 30.0 Å². The van der Waals surface area contributed by atoms with Crippen LogP contribution in [0.4, 0.5) is 4.39 Å². The van der Waals surface area contributed by atoms with Gasteiger partial charge in [-0.05, 0) is 31.0 Å². The first kappa shape index (κ1) is 19.0. The number of hydrogen-bond acceptors (Lipinski definition) is 4. The average Bonchev–Trinajstić information content (AvgIpc) is 2.76. The molecule has 1 fully saturated rings. The van der Waals surface area contributed by atoms with Crippen molar-refractivity contribution in [3.63, 3.8) is 0 Å². The molecule has 0 N–H and O–H groups in total. The van der Waals surface area contributed by atoms with Gasteiger partial charge in [-0.2, -0.15) is 0 Å². The molecule has 0 atom stereocenters. The summed E-state index contributed by atoms with van der Waals surface area (Å²) in [6, 6.07) is 4.49. The molecule has 0 spiro atoms. The first-order chi connectivity index (χ1) is 14.2. The van der Waals surface area contributed by atoms with Gasteiger partial charge >= 0.3 is 0 Å². The van der Waals surface area contributed by atoms with E-state index in [0.29, 0.717) is 35.4 Å². The monoisotopic (exact) mass is 413 g/mol. The molecule has 4 nitrogen and oxygen atoms in total. The van der Waals surface area contributed by atoms with E-state index >= 15 is 0 Å². The minimum Gasteiger partial charge on any atom is -0.488 e. The number of fused-ring (bicyclic) bond motifs is 2. The van der Waals surface area contributed by atoms with Crippen LogP contribution in [0.2, 0.25) is 0 Å². The van der Waals surface area contributed by atoms with E-state index in [1.807, 2.05) is 6.20 Å². The highest BCUT2D eigenvalue weighted by molar-refractivity contribution is 6.49. The maximum absolute atomic E-state index is 13.6. The molecule has 0 saturated heterocycles. The number of rotatable bonds is 3. The Morgan fingerprint density at radius 2 is 2.07 bits per heavy atom. The van der Waals surface area contributed by atoms with Gasteiger partial charge in [-0.15, -0.1) is 0 Å². The van der Waals surface area contributed by atoms with Gasteiger partial charge in [0.15, 0.2) is 0 Å². The number of benzene rings is 1. The number of halogens is 2. The molecule has 6 heteroatoms. The van der Waals surface area contributed by atoms with Crippen LogP contribution in [0.5, 0.6) is 5.75 Å². The molecule has 2 aliphatic heterocycles. The number of aromatic nitrogens is 2. The lowest BCUT2D eigenvalue weighted by Crippen LogP contribution is -2.34. The predicted molar refractivity (Wildman–Crippen MR) is 112 cm³/mol. The Kier molecular flexibility index (Phi) is 5.27. The number of hydrogen-bond donors (Lipinski definition) is 0. The second kappa shape index (κ2) is 8.04. The highest BCUT2D eigenvalue weighted by atomic mass is 35.5. The van der Waals surface area contributed by atoms with Crippen LogP contribution in [0.25, 0.3) is 5.03 Å². The molecule has 5 rings (SSSR count). The summed E-state index contributed by atoms with van der Waals surface area (Å²) >= 11 is 6.59. The van der Waals surface area contributed by atoms with Crippen LogP contribution in [-0.4, -0.2) is 34.6 Å².